The van der Waals surface area contributed by atoms with E-state index >= 15 is 0 Å². The Labute approximate surface area is 133 Å². The van der Waals surface area contributed by atoms with Gasteiger partial charge >= 0.3 is 5.97 Å². The molecule has 7 heteroatoms. The molecule has 0 fully saturated rings. The molecular formula is C14H19ClN2O3S. The Morgan fingerprint density at radius 3 is 2.76 bits per heavy atom. The second-order valence-electron chi connectivity index (χ2n) is 4.74. The molecule has 0 aliphatic heterocycles. The molecule has 3 N–H and O–H groups in total. The summed E-state index contributed by atoms with van der Waals surface area (Å²) >= 11 is 7.70. The Balaban J connectivity index is 2.51. The van der Waals surface area contributed by atoms with Crippen LogP contribution in [0.5, 0.6) is 0 Å². The number of nitrogens with one attached hydrogen (secondary N) is 2. The smallest absolute Gasteiger partial charge is 0.335 e. The van der Waals surface area contributed by atoms with E-state index in [9.17, 15) is 9.59 Å². The van der Waals surface area contributed by atoms with Crippen LogP contribution >= 0.6 is 23.4 Å². The van der Waals surface area contributed by atoms with Gasteiger partial charge in [0.1, 0.15) is 0 Å². The summed E-state index contributed by atoms with van der Waals surface area (Å²) in [6.07, 6.45) is 2.04. The highest BCUT2D eigenvalue weighted by molar-refractivity contribution is 7.98. The predicted octanol–water partition coefficient (Wildman–Crippen LogP) is 2.57. The van der Waals surface area contributed by atoms with Crippen LogP contribution in [0.4, 0.5) is 5.69 Å². The highest BCUT2D eigenvalue weighted by Gasteiger charge is 2.10. The summed E-state index contributed by atoms with van der Waals surface area (Å²) in [5.41, 5.74) is 0.386. The number of carbonyl (C=O) groups is 2. The van der Waals surface area contributed by atoms with Crippen LogP contribution in [0, 0.1) is 5.92 Å². The number of rotatable bonds is 8. The number of hydrogen-bond acceptors (Lipinski definition) is 4. The van der Waals surface area contributed by atoms with Gasteiger partial charge in [-0.3, -0.25) is 4.79 Å². The van der Waals surface area contributed by atoms with Crippen molar-refractivity contribution >= 4 is 40.9 Å². The van der Waals surface area contributed by atoms with E-state index in [4.69, 9.17) is 16.7 Å². The number of carboxylic acid groups (broad SMARTS) is 1. The zero-order valence-electron chi connectivity index (χ0n) is 12.0. The van der Waals surface area contributed by atoms with E-state index in [1.54, 1.807) is 11.8 Å². The van der Waals surface area contributed by atoms with Gasteiger partial charge < -0.3 is 15.7 Å². The lowest BCUT2D eigenvalue weighted by atomic mass is 10.2. The molecule has 116 valence electrons. The number of carboxylic acids is 1. The molecular weight excluding hydrogens is 312 g/mol. The number of thioether (sulfide) groups is 1. The van der Waals surface area contributed by atoms with E-state index in [2.05, 4.69) is 17.6 Å². The van der Waals surface area contributed by atoms with E-state index in [0.29, 0.717) is 16.6 Å². The molecule has 0 aliphatic carbocycles. The molecule has 1 aromatic rings. The summed E-state index contributed by atoms with van der Waals surface area (Å²) in [5.74, 6) is 0.190. The number of aromatic carboxylic acids is 1. The first kappa shape index (κ1) is 17.8. The first-order valence-corrected chi connectivity index (χ1v) is 8.23. The average molecular weight is 331 g/mol. The quantitative estimate of drug-likeness (QED) is 0.682. The molecule has 1 rings (SSSR count). The molecule has 1 atom stereocenters. The number of hydrogen-bond donors (Lipinski definition) is 3. The predicted molar refractivity (Wildman–Crippen MR) is 87.5 cm³/mol. The highest BCUT2D eigenvalue weighted by atomic mass is 35.5. The monoisotopic (exact) mass is 330 g/mol. The normalized spacial score (nSPS) is 12.0. The lowest BCUT2D eigenvalue weighted by Gasteiger charge is -2.12. The maximum Gasteiger partial charge on any atom is 0.335 e. The Hall–Kier alpha value is -1.24. The molecule has 5 nitrogen and oxygen atoms in total. The van der Waals surface area contributed by atoms with Gasteiger partial charge in [0.2, 0.25) is 5.91 Å². The molecule has 0 saturated carbocycles. The Bertz CT molecular complexity index is 511. The molecule has 0 heterocycles. The largest absolute Gasteiger partial charge is 0.478 e. The zero-order valence-corrected chi connectivity index (χ0v) is 13.6. The molecule has 21 heavy (non-hydrogen) atoms. The van der Waals surface area contributed by atoms with E-state index in [-0.39, 0.29) is 18.0 Å². The Kier molecular flexibility index (Phi) is 7.56. The zero-order chi connectivity index (χ0) is 15.8. The van der Waals surface area contributed by atoms with Gasteiger partial charge in [0.25, 0.3) is 0 Å². The number of amides is 1. The van der Waals surface area contributed by atoms with Gasteiger partial charge in [-0.2, -0.15) is 11.8 Å². The average Bonchev–Trinajstić information content (AvgIpc) is 2.41. The van der Waals surface area contributed by atoms with Crippen LogP contribution < -0.4 is 10.6 Å². The lowest BCUT2D eigenvalue weighted by molar-refractivity contribution is -0.115. The second kappa shape index (κ2) is 8.92. The summed E-state index contributed by atoms with van der Waals surface area (Å²) in [6.45, 7) is 3.01. The van der Waals surface area contributed by atoms with Crippen molar-refractivity contribution in [2.75, 3.05) is 30.4 Å². The molecule has 0 spiro atoms. The number of halogens is 1. The van der Waals surface area contributed by atoms with E-state index in [1.165, 1.54) is 18.2 Å². The Morgan fingerprint density at radius 2 is 2.14 bits per heavy atom. The highest BCUT2D eigenvalue weighted by Crippen LogP contribution is 2.22. The fraction of sp³-hybridized carbons (Fsp3) is 0.429. The van der Waals surface area contributed by atoms with Crippen LogP contribution in [0.25, 0.3) is 0 Å². The first-order chi connectivity index (χ1) is 9.93. The van der Waals surface area contributed by atoms with Crippen LogP contribution in [0.1, 0.15) is 17.3 Å². The summed E-state index contributed by atoms with van der Waals surface area (Å²) in [7, 11) is 0. The first-order valence-electron chi connectivity index (χ1n) is 6.46. The van der Waals surface area contributed by atoms with Gasteiger partial charge in [0, 0.05) is 0 Å². The van der Waals surface area contributed by atoms with Crippen LogP contribution in [0.15, 0.2) is 18.2 Å². The fourth-order valence-electron chi connectivity index (χ4n) is 1.72. The molecule has 0 aliphatic rings. The third-order valence-corrected chi connectivity index (χ3v) is 3.95. The minimum atomic E-state index is -1.06. The van der Waals surface area contributed by atoms with Gasteiger partial charge in [0.15, 0.2) is 0 Å². The third kappa shape index (κ3) is 6.37. The SMILES string of the molecule is CSCC(C)CNCC(=O)Nc1cc(C(=O)O)ccc1Cl. The standard InChI is InChI=1S/C14H19ClN2O3S/c1-9(8-21-2)6-16-7-13(18)17-12-5-10(14(19)20)3-4-11(12)15/h3-5,9,16H,6-8H2,1-2H3,(H,17,18)(H,19,20). The summed E-state index contributed by atoms with van der Waals surface area (Å²) in [4.78, 5) is 22.7. The Morgan fingerprint density at radius 1 is 1.43 bits per heavy atom. The van der Waals surface area contributed by atoms with Crippen molar-refractivity contribution in [1.29, 1.82) is 0 Å². The van der Waals surface area contributed by atoms with Gasteiger partial charge in [0.05, 0.1) is 22.8 Å². The van der Waals surface area contributed by atoms with Gasteiger partial charge in [-0.25, -0.2) is 4.79 Å². The van der Waals surface area contributed by atoms with Crippen molar-refractivity contribution in [3.8, 4) is 0 Å². The lowest BCUT2D eigenvalue weighted by Crippen LogP contribution is -2.31. The second-order valence-corrected chi connectivity index (χ2v) is 6.06. The molecule has 0 saturated heterocycles. The van der Waals surface area contributed by atoms with Crippen molar-refractivity contribution in [1.82, 2.24) is 5.32 Å². The van der Waals surface area contributed by atoms with Crippen molar-refractivity contribution < 1.29 is 14.7 Å². The van der Waals surface area contributed by atoms with Crippen LogP contribution in [-0.2, 0) is 4.79 Å². The van der Waals surface area contributed by atoms with E-state index in [0.717, 1.165) is 12.3 Å². The van der Waals surface area contributed by atoms with Crippen molar-refractivity contribution in [3.63, 3.8) is 0 Å². The van der Waals surface area contributed by atoms with Crippen LogP contribution in [0.2, 0.25) is 5.02 Å². The van der Waals surface area contributed by atoms with E-state index in [1.807, 2.05) is 6.26 Å². The third-order valence-electron chi connectivity index (χ3n) is 2.72. The van der Waals surface area contributed by atoms with Gasteiger partial charge in [-0.1, -0.05) is 18.5 Å². The molecule has 0 bridgehead atoms. The molecule has 1 unspecified atom stereocenters. The number of anilines is 1. The molecule has 0 aromatic heterocycles. The molecule has 0 radical (unpaired) electrons. The van der Waals surface area contributed by atoms with Gasteiger partial charge in [-0.15, -0.1) is 0 Å². The van der Waals surface area contributed by atoms with Crippen molar-refractivity contribution in [3.05, 3.63) is 28.8 Å². The number of benzene rings is 1. The number of carbonyl (C=O) groups excluding carboxylic acids is 1. The summed E-state index contributed by atoms with van der Waals surface area (Å²) in [6, 6.07) is 4.19. The minimum absolute atomic E-state index is 0.0799. The maximum atomic E-state index is 11.8. The summed E-state index contributed by atoms with van der Waals surface area (Å²) < 4.78 is 0. The topological polar surface area (TPSA) is 78.4 Å². The van der Waals surface area contributed by atoms with Gasteiger partial charge in [-0.05, 0) is 42.7 Å². The van der Waals surface area contributed by atoms with E-state index < -0.39 is 5.97 Å². The molecule has 1 aromatic carbocycles. The van der Waals surface area contributed by atoms with Crippen LogP contribution in [-0.4, -0.2) is 42.1 Å². The minimum Gasteiger partial charge on any atom is -0.478 e. The van der Waals surface area contributed by atoms with Crippen molar-refractivity contribution in [2.45, 2.75) is 6.92 Å². The summed E-state index contributed by atoms with van der Waals surface area (Å²) in [5, 5.41) is 14.9. The maximum absolute atomic E-state index is 11.8. The fourth-order valence-corrected chi connectivity index (χ4v) is 2.58. The van der Waals surface area contributed by atoms with Crippen molar-refractivity contribution in [2.24, 2.45) is 5.92 Å². The van der Waals surface area contributed by atoms with Crippen LogP contribution in [0.3, 0.4) is 0 Å². The molecule has 1 amide bonds.